The SMILES string of the molecule is Cc1cccc(OCC(=O)N(Cc2cccc(Cl)c2)[C@@H]2CCS(=O)(=O)C2)c1. The number of halogens is 1. The lowest BCUT2D eigenvalue weighted by Crippen LogP contribution is -2.43. The molecule has 27 heavy (non-hydrogen) atoms. The summed E-state index contributed by atoms with van der Waals surface area (Å²) in [6, 6.07) is 14.3. The molecule has 2 aromatic rings. The third-order valence-corrected chi connectivity index (χ3v) is 6.55. The molecule has 144 valence electrons. The van der Waals surface area contributed by atoms with Gasteiger partial charge in [-0.15, -0.1) is 0 Å². The van der Waals surface area contributed by atoms with E-state index in [0.29, 0.717) is 23.7 Å². The predicted octanol–water partition coefficient (Wildman–Crippen LogP) is 3.24. The van der Waals surface area contributed by atoms with Gasteiger partial charge < -0.3 is 9.64 Å². The zero-order valence-electron chi connectivity index (χ0n) is 15.1. The Balaban J connectivity index is 1.75. The van der Waals surface area contributed by atoms with E-state index in [-0.39, 0.29) is 30.1 Å². The van der Waals surface area contributed by atoms with Crippen LogP contribution < -0.4 is 4.74 Å². The van der Waals surface area contributed by atoms with Gasteiger partial charge in [0, 0.05) is 17.6 Å². The lowest BCUT2D eigenvalue weighted by Gasteiger charge is -2.28. The molecule has 0 saturated carbocycles. The fourth-order valence-electron chi connectivity index (χ4n) is 3.21. The molecule has 1 heterocycles. The predicted molar refractivity (Wildman–Crippen MR) is 106 cm³/mol. The molecule has 0 aromatic heterocycles. The first-order valence-corrected chi connectivity index (χ1v) is 11.0. The summed E-state index contributed by atoms with van der Waals surface area (Å²) in [4.78, 5) is 14.5. The van der Waals surface area contributed by atoms with Crippen LogP contribution in [0.2, 0.25) is 5.02 Å². The van der Waals surface area contributed by atoms with Gasteiger partial charge in [-0.3, -0.25) is 4.79 Å². The van der Waals surface area contributed by atoms with Crippen molar-refractivity contribution in [3.05, 3.63) is 64.7 Å². The van der Waals surface area contributed by atoms with Gasteiger partial charge in [-0.1, -0.05) is 35.9 Å². The highest BCUT2D eigenvalue weighted by atomic mass is 35.5. The molecule has 0 N–H and O–H groups in total. The summed E-state index contributed by atoms with van der Waals surface area (Å²) in [5.41, 5.74) is 1.90. The number of benzene rings is 2. The van der Waals surface area contributed by atoms with Crippen molar-refractivity contribution < 1.29 is 17.9 Å². The van der Waals surface area contributed by atoms with Crippen LogP contribution in [-0.2, 0) is 21.2 Å². The zero-order chi connectivity index (χ0) is 19.4. The van der Waals surface area contributed by atoms with Crippen molar-refractivity contribution in [1.29, 1.82) is 0 Å². The van der Waals surface area contributed by atoms with Crippen molar-refractivity contribution in [2.45, 2.75) is 25.9 Å². The lowest BCUT2D eigenvalue weighted by atomic mass is 10.1. The van der Waals surface area contributed by atoms with Gasteiger partial charge in [-0.05, 0) is 48.7 Å². The largest absolute Gasteiger partial charge is 0.484 e. The highest BCUT2D eigenvalue weighted by molar-refractivity contribution is 7.91. The molecule has 0 bridgehead atoms. The highest BCUT2D eigenvalue weighted by Crippen LogP contribution is 2.22. The summed E-state index contributed by atoms with van der Waals surface area (Å²) in [7, 11) is -3.11. The quantitative estimate of drug-likeness (QED) is 0.737. The highest BCUT2D eigenvalue weighted by Gasteiger charge is 2.34. The van der Waals surface area contributed by atoms with Crippen LogP contribution in [0.15, 0.2) is 48.5 Å². The number of rotatable bonds is 6. The van der Waals surface area contributed by atoms with Crippen LogP contribution in [-0.4, -0.2) is 43.4 Å². The molecular weight excluding hydrogens is 386 g/mol. The van der Waals surface area contributed by atoms with Gasteiger partial charge in [0.15, 0.2) is 16.4 Å². The fraction of sp³-hybridized carbons (Fsp3) is 0.350. The average Bonchev–Trinajstić information content (AvgIpc) is 2.97. The molecule has 7 heteroatoms. The van der Waals surface area contributed by atoms with Gasteiger partial charge in [-0.2, -0.15) is 0 Å². The summed E-state index contributed by atoms with van der Waals surface area (Å²) in [5.74, 6) is 0.475. The van der Waals surface area contributed by atoms with Gasteiger partial charge in [-0.25, -0.2) is 8.42 Å². The van der Waals surface area contributed by atoms with Crippen LogP contribution in [0, 0.1) is 6.92 Å². The van der Waals surface area contributed by atoms with Crippen LogP contribution in [0.1, 0.15) is 17.5 Å². The van der Waals surface area contributed by atoms with Gasteiger partial charge in [0.25, 0.3) is 5.91 Å². The van der Waals surface area contributed by atoms with Gasteiger partial charge in [0.05, 0.1) is 11.5 Å². The standard InChI is InChI=1S/C20H22ClNO4S/c1-15-4-2-7-19(10-15)26-13-20(23)22(18-8-9-27(24,25)14-18)12-16-5-3-6-17(21)11-16/h2-7,10-11,18H,8-9,12-14H2,1H3/t18-/m1/s1. The second kappa shape index (κ2) is 8.31. The summed E-state index contributed by atoms with van der Waals surface area (Å²) >= 11 is 6.04. The zero-order valence-corrected chi connectivity index (χ0v) is 16.7. The molecule has 0 radical (unpaired) electrons. The van der Waals surface area contributed by atoms with Crippen LogP contribution in [0.25, 0.3) is 0 Å². The number of hydrogen-bond acceptors (Lipinski definition) is 4. The second-order valence-corrected chi connectivity index (χ2v) is 9.48. The van der Waals surface area contributed by atoms with E-state index >= 15 is 0 Å². The number of carbonyl (C=O) groups is 1. The Hall–Kier alpha value is -2.05. The minimum absolute atomic E-state index is 0.0102. The summed E-state index contributed by atoms with van der Waals surface area (Å²) < 4.78 is 29.4. The minimum atomic E-state index is -3.11. The van der Waals surface area contributed by atoms with E-state index in [1.807, 2.05) is 37.3 Å². The molecule has 5 nitrogen and oxygen atoms in total. The van der Waals surface area contributed by atoms with E-state index < -0.39 is 9.84 Å². The number of hydrogen-bond donors (Lipinski definition) is 0. The first-order chi connectivity index (χ1) is 12.8. The Labute approximate surface area is 164 Å². The molecule has 1 atom stereocenters. The molecule has 1 fully saturated rings. The maximum atomic E-state index is 12.9. The number of ether oxygens (including phenoxy) is 1. The molecule has 0 aliphatic carbocycles. The van der Waals surface area contributed by atoms with Crippen LogP contribution in [0.5, 0.6) is 5.75 Å². The maximum Gasteiger partial charge on any atom is 0.261 e. The maximum absolute atomic E-state index is 12.9. The fourth-order valence-corrected chi connectivity index (χ4v) is 5.15. The first-order valence-electron chi connectivity index (χ1n) is 8.76. The van der Waals surface area contributed by atoms with E-state index in [4.69, 9.17) is 16.3 Å². The van der Waals surface area contributed by atoms with Gasteiger partial charge in [0.1, 0.15) is 5.75 Å². The lowest BCUT2D eigenvalue weighted by molar-refractivity contribution is -0.136. The summed E-state index contributed by atoms with van der Waals surface area (Å²) in [5, 5.41) is 0.579. The van der Waals surface area contributed by atoms with E-state index in [1.165, 1.54) is 0 Å². The minimum Gasteiger partial charge on any atom is -0.484 e. The smallest absolute Gasteiger partial charge is 0.261 e. The molecule has 1 amide bonds. The summed E-state index contributed by atoms with van der Waals surface area (Å²) in [6.45, 7) is 2.11. The first kappa shape index (κ1) is 19.7. The van der Waals surface area contributed by atoms with Crippen molar-refractivity contribution in [1.82, 2.24) is 4.90 Å². The molecule has 1 saturated heterocycles. The van der Waals surface area contributed by atoms with Gasteiger partial charge in [0.2, 0.25) is 0 Å². The third-order valence-electron chi connectivity index (χ3n) is 4.56. The van der Waals surface area contributed by atoms with Crippen LogP contribution >= 0.6 is 11.6 Å². The van der Waals surface area contributed by atoms with Crippen molar-refractivity contribution in [3.8, 4) is 5.75 Å². The normalized spacial score (nSPS) is 18.2. The molecule has 2 aromatic carbocycles. The number of amides is 1. The Kier molecular flexibility index (Phi) is 6.07. The van der Waals surface area contributed by atoms with Crippen molar-refractivity contribution in [2.75, 3.05) is 18.1 Å². The second-order valence-electron chi connectivity index (χ2n) is 6.81. The van der Waals surface area contributed by atoms with E-state index in [0.717, 1.165) is 11.1 Å². The molecule has 0 unspecified atom stereocenters. The van der Waals surface area contributed by atoms with E-state index in [9.17, 15) is 13.2 Å². The Bertz CT molecular complexity index is 929. The molecule has 1 aliphatic rings. The number of carbonyl (C=O) groups excluding carboxylic acids is 1. The molecular formula is C20H22ClNO4S. The Morgan fingerprint density at radius 1 is 1.22 bits per heavy atom. The van der Waals surface area contributed by atoms with E-state index in [2.05, 4.69) is 0 Å². The van der Waals surface area contributed by atoms with Crippen molar-refractivity contribution in [2.24, 2.45) is 0 Å². The molecule has 1 aliphatic heterocycles. The van der Waals surface area contributed by atoms with Crippen LogP contribution in [0.3, 0.4) is 0 Å². The topological polar surface area (TPSA) is 63.7 Å². The monoisotopic (exact) mass is 407 g/mol. The number of aryl methyl sites for hydroxylation is 1. The van der Waals surface area contributed by atoms with Crippen molar-refractivity contribution >= 4 is 27.3 Å². The third kappa shape index (κ3) is 5.47. The number of nitrogens with zero attached hydrogens (tertiary/aromatic N) is 1. The average molecular weight is 408 g/mol. The Morgan fingerprint density at radius 2 is 2.00 bits per heavy atom. The summed E-state index contributed by atoms with van der Waals surface area (Å²) in [6.07, 6.45) is 0.444. The Morgan fingerprint density at radius 3 is 2.67 bits per heavy atom. The van der Waals surface area contributed by atoms with Crippen LogP contribution in [0.4, 0.5) is 0 Å². The molecule has 3 rings (SSSR count). The molecule has 0 spiro atoms. The van der Waals surface area contributed by atoms with E-state index in [1.54, 1.807) is 23.1 Å². The van der Waals surface area contributed by atoms with Crippen molar-refractivity contribution in [3.63, 3.8) is 0 Å². The number of sulfone groups is 1. The van der Waals surface area contributed by atoms with Gasteiger partial charge >= 0.3 is 0 Å².